The Balaban J connectivity index is 1.83. The quantitative estimate of drug-likeness (QED) is 0.918. The van der Waals surface area contributed by atoms with Crippen LogP contribution in [0.4, 0.5) is 4.39 Å². The average molecular weight is 324 g/mol. The number of nitriles is 1. The van der Waals surface area contributed by atoms with E-state index in [0.717, 1.165) is 6.07 Å². The Labute approximate surface area is 139 Å². The van der Waals surface area contributed by atoms with Gasteiger partial charge in [0.25, 0.3) is 5.91 Å². The second-order valence-electron chi connectivity index (χ2n) is 5.94. The Morgan fingerprint density at radius 2 is 1.96 bits per heavy atom. The molecule has 0 spiro atoms. The summed E-state index contributed by atoms with van der Waals surface area (Å²) in [4.78, 5) is 14.4. The van der Waals surface area contributed by atoms with Gasteiger partial charge in [0.05, 0.1) is 6.07 Å². The van der Waals surface area contributed by atoms with Crippen molar-refractivity contribution in [1.82, 2.24) is 4.90 Å². The molecule has 24 heavy (non-hydrogen) atoms. The van der Waals surface area contributed by atoms with Crippen molar-refractivity contribution >= 4 is 5.91 Å². The lowest BCUT2D eigenvalue weighted by molar-refractivity contribution is 0.0707. The Bertz CT molecular complexity index is 805. The highest BCUT2D eigenvalue weighted by molar-refractivity contribution is 5.95. The first-order chi connectivity index (χ1) is 11.6. The van der Waals surface area contributed by atoms with E-state index in [2.05, 4.69) is 6.07 Å². The summed E-state index contributed by atoms with van der Waals surface area (Å²) in [5, 5.41) is 18.2. The van der Waals surface area contributed by atoms with E-state index < -0.39 is 5.82 Å². The van der Waals surface area contributed by atoms with E-state index in [1.54, 1.807) is 29.2 Å². The number of likely N-dealkylation sites (tertiary alicyclic amines) is 1. The van der Waals surface area contributed by atoms with Crippen LogP contribution in [0.15, 0.2) is 42.5 Å². The molecular weight excluding hydrogens is 307 g/mol. The Morgan fingerprint density at radius 1 is 1.21 bits per heavy atom. The molecule has 2 aromatic carbocycles. The van der Waals surface area contributed by atoms with Gasteiger partial charge in [0.2, 0.25) is 0 Å². The Hall–Kier alpha value is -2.87. The van der Waals surface area contributed by atoms with Crippen LogP contribution in [-0.2, 0) is 0 Å². The minimum atomic E-state index is -0.533. The third-order valence-electron chi connectivity index (χ3n) is 4.34. The molecule has 3 rings (SSSR count). The van der Waals surface area contributed by atoms with E-state index in [1.807, 2.05) is 0 Å². The second kappa shape index (κ2) is 6.71. The molecule has 1 aliphatic heterocycles. The molecule has 5 heteroatoms. The summed E-state index contributed by atoms with van der Waals surface area (Å²) in [5.74, 6) is -0.753. The van der Waals surface area contributed by atoms with Crippen LogP contribution < -0.4 is 0 Å². The van der Waals surface area contributed by atoms with Crippen LogP contribution in [0.1, 0.15) is 23.2 Å². The van der Waals surface area contributed by atoms with Gasteiger partial charge < -0.3 is 10.0 Å². The zero-order valence-electron chi connectivity index (χ0n) is 13.1. The van der Waals surface area contributed by atoms with Crippen molar-refractivity contribution in [2.24, 2.45) is 5.92 Å². The van der Waals surface area contributed by atoms with Crippen LogP contribution in [0.25, 0.3) is 11.1 Å². The molecule has 1 N–H and O–H groups in total. The molecule has 1 heterocycles. The Kier molecular flexibility index (Phi) is 4.48. The van der Waals surface area contributed by atoms with Crippen molar-refractivity contribution in [3.05, 3.63) is 53.8 Å². The molecular formula is C19H17FN2O2. The number of phenolic OH excluding ortho intramolecular Hbond substituents is 1. The predicted molar refractivity (Wildman–Crippen MR) is 87.7 cm³/mol. The van der Waals surface area contributed by atoms with Gasteiger partial charge in [-0.15, -0.1) is 0 Å². The van der Waals surface area contributed by atoms with Gasteiger partial charge in [-0.1, -0.05) is 12.1 Å². The van der Waals surface area contributed by atoms with Crippen LogP contribution in [0.5, 0.6) is 5.75 Å². The molecule has 1 amide bonds. The molecule has 122 valence electrons. The maximum atomic E-state index is 14.0. The fraction of sp³-hybridized carbons (Fsp3) is 0.263. The molecule has 0 radical (unpaired) electrons. The van der Waals surface area contributed by atoms with Crippen LogP contribution in [-0.4, -0.2) is 29.0 Å². The minimum absolute atomic E-state index is 0.0199. The first kappa shape index (κ1) is 16.0. The first-order valence-corrected chi connectivity index (χ1v) is 7.86. The van der Waals surface area contributed by atoms with E-state index in [9.17, 15) is 14.3 Å². The number of carbonyl (C=O) groups excluding carboxylic acids is 1. The molecule has 0 bridgehead atoms. The van der Waals surface area contributed by atoms with E-state index in [1.165, 1.54) is 12.1 Å². The molecule has 1 saturated heterocycles. The lowest BCUT2D eigenvalue weighted by Crippen LogP contribution is -2.38. The standard InChI is InChI=1S/C19H17FN2O2/c20-18-11-16(23)4-5-17(18)14-2-1-3-15(10-14)19(24)22-8-6-13(12-21)7-9-22/h1-5,10-11,13,23H,6-9H2. The van der Waals surface area contributed by atoms with Crippen molar-refractivity contribution < 1.29 is 14.3 Å². The van der Waals surface area contributed by atoms with Gasteiger partial charge in [0.1, 0.15) is 11.6 Å². The van der Waals surface area contributed by atoms with Gasteiger partial charge in [-0.05, 0) is 42.7 Å². The van der Waals surface area contributed by atoms with Gasteiger partial charge >= 0.3 is 0 Å². The summed E-state index contributed by atoms with van der Waals surface area (Å²) in [7, 11) is 0. The van der Waals surface area contributed by atoms with Gasteiger partial charge in [-0.3, -0.25) is 4.79 Å². The smallest absolute Gasteiger partial charge is 0.253 e. The lowest BCUT2D eigenvalue weighted by atomic mass is 9.97. The number of amides is 1. The number of hydrogen-bond acceptors (Lipinski definition) is 3. The van der Waals surface area contributed by atoms with Crippen molar-refractivity contribution in [3.63, 3.8) is 0 Å². The number of hydrogen-bond donors (Lipinski definition) is 1. The van der Waals surface area contributed by atoms with Crippen molar-refractivity contribution in [2.45, 2.75) is 12.8 Å². The van der Waals surface area contributed by atoms with Gasteiger partial charge in [0.15, 0.2) is 0 Å². The molecule has 1 fully saturated rings. The summed E-state index contributed by atoms with van der Waals surface area (Å²) in [5.41, 5.74) is 1.42. The Morgan fingerprint density at radius 3 is 2.62 bits per heavy atom. The molecule has 0 saturated carbocycles. The topological polar surface area (TPSA) is 64.3 Å². The van der Waals surface area contributed by atoms with E-state index in [4.69, 9.17) is 5.26 Å². The zero-order valence-corrected chi connectivity index (χ0v) is 13.1. The highest BCUT2D eigenvalue weighted by Gasteiger charge is 2.23. The third-order valence-corrected chi connectivity index (χ3v) is 4.34. The zero-order chi connectivity index (χ0) is 17.1. The van der Waals surface area contributed by atoms with Crippen molar-refractivity contribution in [2.75, 3.05) is 13.1 Å². The summed E-state index contributed by atoms with van der Waals surface area (Å²) in [6.07, 6.45) is 1.38. The SMILES string of the molecule is N#CC1CCN(C(=O)c2cccc(-c3ccc(O)cc3F)c2)CC1. The fourth-order valence-corrected chi connectivity index (χ4v) is 2.95. The molecule has 4 nitrogen and oxygen atoms in total. The molecule has 2 aromatic rings. The minimum Gasteiger partial charge on any atom is -0.508 e. The highest BCUT2D eigenvalue weighted by Crippen LogP contribution is 2.27. The first-order valence-electron chi connectivity index (χ1n) is 7.86. The lowest BCUT2D eigenvalue weighted by Gasteiger charge is -2.29. The number of rotatable bonds is 2. The van der Waals surface area contributed by atoms with Crippen LogP contribution in [0.3, 0.4) is 0 Å². The average Bonchev–Trinajstić information content (AvgIpc) is 2.61. The monoisotopic (exact) mass is 324 g/mol. The fourth-order valence-electron chi connectivity index (χ4n) is 2.95. The molecule has 1 aliphatic rings. The van der Waals surface area contributed by atoms with E-state index in [-0.39, 0.29) is 17.6 Å². The number of halogens is 1. The predicted octanol–water partition coefficient (Wildman–Crippen LogP) is 3.57. The van der Waals surface area contributed by atoms with Gasteiger partial charge in [-0.25, -0.2) is 4.39 Å². The summed E-state index contributed by atoms with van der Waals surface area (Å²) < 4.78 is 14.0. The number of aromatic hydroxyl groups is 1. The van der Waals surface area contributed by atoms with Crippen LogP contribution in [0, 0.1) is 23.1 Å². The number of carbonyl (C=O) groups is 1. The maximum Gasteiger partial charge on any atom is 0.253 e. The van der Waals surface area contributed by atoms with Crippen molar-refractivity contribution in [3.8, 4) is 22.9 Å². The molecule has 0 aliphatic carbocycles. The third kappa shape index (κ3) is 3.23. The second-order valence-corrected chi connectivity index (χ2v) is 5.94. The summed E-state index contributed by atoms with van der Waals surface area (Å²) in [6, 6.07) is 13.0. The van der Waals surface area contributed by atoms with E-state index >= 15 is 0 Å². The highest BCUT2D eigenvalue weighted by atomic mass is 19.1. The molecule has 0 aromatic heterocycles. The molecule has 0 atom stereocenters. The van der Waals surface area contributed by atoms with Crippen LogP contribution in [0.2, 0.25) is 0 Å². The van der Waals surface area contributed by atoms with Gasteiger partial charge in [0, 0.05) is 36.2 Å². The summed E-state index contributed by atoms with van der Waals surface area (Å²) in [6.45, 7) is 1.13. The normalized spacial score (nSPS) is 15.1. The summed E-state index contributed by atoms with van der Waals surface area (Å²) >= 11 is 0. The largest absolute Gasteiger partial charge is 0.508 e. The molecule has 0 unspecified atom stereocenters. The maximum absolute atomic E-state index is 14.0. The van der Waals surface area contributed by atoms with Crippen LogP contribution >= 0.6 is 0 Å². The number of benzene rings is 2. The number of nitrogens with zero attached hydrogens (tertiary/aromatic N) is 2. The van der Waals surface area contributed by atoms with E-state index in [0.29, 0.717) is 42.6 Å². The van der Waals surface area contributed by atoms with Crippen molar-refractivity contribution in [1.29, 1.82) is 5.26 Å². The number of piperidine rings is 1. The van der Waals surface area contributed by atoms with Gasteiger partial charge in [-0.2, -0.15) is 5.26 Å². The number of phenols is 1.